The third-order valence-electron chi connectivity index (χ3n) is 1.97. The van der Waals surface area contributed by atoms with Crippen molar-refractivity contribution in [3.8, 4) is 11.8 Å². The Morgan fingerprint density at radius 1 is 1.07 bits per heavy atom. The highest BCUT2D eigenvalue weighted by Crippen LogP contribution is 2.05. The maximum atomic E-state index is 3.44. The van der Waals surface area contributed by atoms with E-state index in [4.69, 9.17) is 0 Å². The molecule has 80 valence electrons. The van der Waals surface area contributed by atoms with E-state index in [9.17, 15) is 0 Å². The van der Waals surface area contributed by atoms with E-state index in [0.29, 0.717) is 0 Å². The quantitative estimate of drug-likeness (QED) is 0.352. The summed E-state index contributed by atoms with van der Waals surface area (Å²) in [7, 11) is 0. The Hall–Kier alpha value is -0.220. The van der Waals surface area contributed by atoms with Crippen LogP contribution < -0.4 is 0 Å². The van der Waals surface area contributed by atoms with Crippen molar-refractivity contribution in [1.29, 1.82) is 0 Å². The maximum absolute atomic E-state index is 3.44. The molecule has 0 aromatic rings. The first-order chi connectivity index (χ1) is 6.91. The van der Waals surface area contributed by atoms with Gasteiger partial charge in [-0.1, -0.05) is 60.0 Å². The second-order valence-electron chi connectivity index (χ2n) is 3.34. The molecule has 0 radical (unpaired) electrons. The SMILES string of the molecule is CC/C=C\C#CCCCCCCCBr. The molecule has 0 saturated heterocycles. The first-order valence-corrected chi connectivity index (χ1v) is 6.73. The third-order valence-corrected chi connectivity index (χ3v) is 2.54. The highest BCUT2D eigenvalue weighted by molar-refractivity contribution is 9.09. The molecule has 0 bridgehead atoms. The lowest BCUT2D eigenvalue weighted by atomic mass is 10.1. The smallest absolute Gasteiger partial charge is 0.00922 e. The van der Waals surface area contributed by atoms with Gasteiger partial charge in [0.05, 0.1) is 0 Å². The van der Waals surface area contributed by atoms with Gasteiger partial charge in [-0.2, -0.15) is 0 Å². The zero-order valence-electron chi connectivity index (χ0n) is 9.19. The fourth-order valence-corrected chi connectivity index (χ4v) is 1.54. The molecule has 0 aliphatic rings. The molecule has 0 heterocycles. The van der Waals surface area contributed by atoms with E-state index in [0.717, 1.165) is 18.2 Å². The van der Waals surface area contributed by atoms with E-state index in [1.54, 1.807) is 0 Å². The fraction of sp³-hybridized carbons (Fsp3) is 0.692. The predicted molar refractivity (Wildman–Crippen MR) is 68.7 cm³/mol. The van der Waals surface area contributed by atoms with Gasteiger partial charge in [-0.25, -0.2) is 0 Å². The minimum atomic E-state index is 1.06. The average molecular weight is 257 g/mol. The zero-order chi connectivity index (χ0) is 10.5. The van der Waals surface area contributed by atoms with Gasteiger partial charge in [0, 0.05) is 11.8 Å². The molecule has 0 aliphatic heterocycles. The van der Waals surface area contributed by atoms with Gasteiger partial charge in [0.1, 0.15) is 0 Å². The van der Waals surface area contributed by atoms with Crippen LogP contribution in [0.5, 0.6) is 0 Å². The van der Waals surface area contributed by atoms with Crippen LogP contribution in [0.25, 0.3) is 0 Å². The van der Waals surface area contributed by atoms with Crippen LogP contribution in [0.4, 0.5) is 0 Å². The number of allylic oxidation sites excluding steroid dienone is 2. The van der Waals surface area contributed by atoms with Gasteiger partial charge in [-0.3, -0.25) is 0 Å². The van der Waals surface area contributed by atoms with Gasteiger partial charge in [-0.15, -0.1) is 0 Å². The predicted octanol–water partition coefficient (Wildman–Crippen LogP) is 4.69. The van der Waals surface area contributed by atoms with Crippen LogP contribution in [-0.4, -0.2) is 5.33 Å². The average Bonchev–Trinajstić information content (AvgIpc) is 2.21. The van der Waals surface area contributed by atoms with Crippen molar-refractivity contribution in [2.75, 3.05) is 5.33 Å². The topological polar surface area (TPSA) is 0 Å². The molecule has 0 spiro atoms. The normalized spacial score (nSPS) is 10.1. The third kappa shape index (κ3) is 11.8. The van der Waals surface area contributed by atoms with Crippen LogP contribution in [0.15, 0.2) is 12.2 Å². The summed E-state index contributed by atoms with van der Waals surface area (Å²) in [5.74, 6) is 6.22. The van der Waals surface area contributed by atoms with Crippen LogP contribution in [0.3, 0.4) is 0 Å². The van der Waals surface area contributed by atoms with Gasteiger partial charge in [0.25, 0.3) is 0 Å². The number of hydrogen-bond donors (Lipinski definition) is 0. The molecule has 14 heavy (non-hydrogen) atoms. The number of alkyl halides is 1. The zero-order valence-corrected chi connectivity index (χ0v) is 10.8. The van der Waals surface area contributed by atoms with E-state index >= 15 is 0 Å². The van der Waals surface area contributed by atoms with Gasteiger partial charge < -0.3 is 0 Å². The minimum absolute atomic E-state index is 1.06. The van der Waals surface area contributed by atoms with Gasteiger partial charge in [0.15, 0.2) is 0 Å². The van der Waals surface area contributed by atoms with Crippen molar-refractivity contribution in [3.63, 3.8) is 0 Å². The molecular weight excluding hydrogens is 236 g/mol. The summed E-state index contributed by atoms with van der Waals surface area (Å²) >= 11 is 3.44. The van der Waals surface area contributed by atoms with E-state index in [2.05, 4.69) is 40.8 Å². The lowest BCUT2D eigenvalue weighted by Crippen LogP contribution is -1.79. The lowest BCUT2D eigenvalue weighted by molar-refractivity contribution is 0.645. The Kier molecular flexibility index (Phi) is 12.6. The molecule has 0 nitrogen and oxygen atoms in total. The fourth-order valence-electron chi connectivity index (χ4n) is 1.15. The molecule has 0 atom stereocenters. The maximum Gasteiger partial charge on any atom is 0.00922 e. The summed E-state index contributed by atoms with van der Waals surface area (Å²) < 4.78 is 0. The van der Waals surface area contributed by atoms with Crippen LogP contribution in [0.1, 0.15) is 51.9 Å². The molecule has 0 amide bonds. The van der Waals surface area contributed by atoms with Crippen molar-refractivity contribution < 1.29 is 0 Å². The molecule has 0 fully saturated rings. The summed E-state index contributed by atoms with van der Waals surface area (Å²) in [6.45, 7) is 2.13. The summed E-state index contributed by atoms with van der Waals surface area (Å²) in [6, 6.07) is 0. The van der Waals surface area contributed by atoms with Crippen LogP contribution in [-0.2, 0) is 0 Å². The number of hydrogen-bond acceptors (Lipinski definition) is 0. The van der Waals surface area contributed by atoms with Crippen molar-refractivity contribution >= 4 is 15.9 Å². The van der Waals surface area contributed by atoms with Gasteiger partial charge in [-0.05, 0) is 25.3 Å². The molecular formula is C13H21Br. The molecule has 0 rings (SSSR count). The van der Waals surface area contributed by atoms with E-state index in [1.807, 2.05) is 6.08 Å². The summed E-state index contributed by atoms with van der Waals surface area (Å²) in [4.78, 5) is 0. The summed E-state index contributed by atoms with van der Waals surface area (Å²) in [6.07, 6.45) is 12.8. The molecule has 0 aliphatic carbocycles. The minimum Gasteiger partial charge on any atom is -0.0985 e. The highest BCUT2D eigenvalue weighted by Gasteiger charge is 1.87. The van der Waals surface area contributed by atoms with Crippen molar-refractivity contribution in [3.05, 3.63) is 12.2 Å². The van der Waals surface area contributed by atoms with Crippen molar-refractivity contribution in [1.82, 2.24) is 0 Å². The summed E-state index contributed by atoms with van der Waals surface area (Å²) in [5, 5.41) is 1.15. The van der Waals surface area contributed by atoms with Crippen LogP contribution in [0, 0.1) is 11.8 Å². The van der Waals surface area contributed by atoms with Crippen molar-refractivity contribution in [2.24, 2.45) is 0 Å². The Labute approximate surface area is 97.3 Å². The first-order valence-electron chi connectivity index (χ1n) is 5.61. The van der Waals surface area contributed by atoms with E-state index in [1.165, 1.54) is 32.1 Å². The Morgan fingerprint density at radius 3 is 2.50 bits per heavy atom. The Bertz CT molecular complexity index is 183. The van der Waals surface area contributed by atoms with Crippen LogP contribution >= 0.6 is 15.9 Å². The van der Waals surface area contributed by atoms with E-state index in [-0.39, 0.29) is 0 Å². The number of rotatable bonds is 7. The Balaban J connectivity index is 3.11. The Morgan fingerprint density at radius 2 is 1.79 bits per heavy atom. The van der Waals surface area contributed by atoms with E-state index < -0.39 is 0 Å². The second kappa shape index (κ2) is 12.8. The standard InChI is InChI=1S/C13H21Br/c1-2-3-4-5-6-7-8-9-10-11-12-13-14/h3-4H,2,7-13H2,1H3/b4-3-. The van der Waals surface area contributed by atoms with Crippen molar-refractivity contribution in [2.45, 2.75) is 51.9 Å². The first kappa shape index (κ1) is 13.8. The van der Waals surface area contributed by atoms with Gasteiger partial charge >= 0.3 is 0 Å². The number of unbranched alkanes of at least 4 members (excludes halogenated alkanes) is 5. The largest absolute Gasteiger partial charge is 0.0985 e. The monoisotopic (exact) mass is 256 g/mol. The molecule has 0 unspecified atom stereocenters. The molecule has 0 aromatic heterocycles. The molecule has 0 saturated carbocycles. The lowest BCUT2D eigenvalue weighted by Gasteiger charge is -1.95. The molecule has 0 N–H and O–H groups in total. The molecule has 0 aromatic carbocycles. The van der Waals surface area contributed by atoms with Crippen LogP contribution in [0.2, 0.25) is 0 Å². The number of halogens is 1. The second-order valence-corrected chi connectivity index (χ2v) is 4.13. The highest BCUT2D eigenvalue weighted by atomic mass is 79.9. The molecule has 1 heteroatoms. The summed E-state index contributed by atoms with van der Waals surface area (Å²) in [5.41, 5.74) is 0. The van der Waals surface area contributed by atoms with Gasteiger partial charge in [0.2, 0.25) is 0 Å².